The summed E-state index contributed by atoms with van der Waals surface area (Å²) in [7, 11) is 0. The van der Waals surface area contributed by atoms with Gasteiger partial charge in [0, 0.05) is 74.2 Å². The van der Waals surface area contributed by atoms with Gasteiger partial charge in [0.1, 0.15) is 42.4 Å². The van der Waals surface area contributed by atoms with Crippen LogP contribution in [-0.2, 0) is 14.4 Å². The first-order chi connectivity index (χ1) is 33.1. The van der Waals surface area contributed by atoms with E-state index in [-0.39, 0.29) is 66.2 Å². The van der Waals surface area contributed by atoms with Gasteiger partial charge < -0.3 is 35.4 Å². The third kappa shape index (κ3) is 11.8. The molecule has 15 nitrogen and oxygen atoms in total. The number of hydrogen-bond acceptors (Lipinski definition) is 12. The minimum atomic E-state index is -0.916. The highest BCUT2D eigenvalue weighted by molar-refractivity contribution is 7.13. The molecule has 3 fully saturated rings. The summed E-state index contributed by atoms with van der Waals surface area (Å²) >= 11 is 7.83. The summed E-state index contributed by atoms with van der Waals surface area (Å²) < 4.78 is 12.4. The van der Waals surface area contributed by atoms with Gasteiger partial charge in [-0.1, -0.05) is 84.3 Å². The Hall–Kier alpha value is -5.57. The second-order valence-corrected chi connectivity index (χ2v) is 22.4. The maximum Gasteiger partial charge on any atom is 0.251 e. The van der Waals surface area contributed by atoms with Crippen molar-refractivity contribution in [1.82, 2.24) is 35.6 Å². The number of piperazine rings is 1. The van der Waals surface area contributed by atoms with Gasteiger partial charge in [-0.15, -0.1) is 11.3 Å². The number of ether oxygens (including phenoxy) is 2. The van der Waals surface area contributed by atoms with E-state index >= 15 is 0 Å². The van der Waals surface area contributed by atoms with Crippen LogP contribution in [0.4, 0.5) is 0 Å². The predicted molar refractivity (Wildman–Crippen MR) is 271 cm³/mol. The van der Waals surface area contributed by atoms with E-state index in [1.54, 1.807) is 53.8 Å². The first-order valence-electron chi connectivity index (χ1n) is 24.0. The molecule has 17 heteroatoms. The van der Waals surface area contributed by atoms with Gasteiger partial charge in [-0.25, -0.2) is 4.98 Å². The second kappa shape index (κ2) is 21.4. The maximum atomic E-state index is 14.2. The van der Waals surface area contributed by atoms with Crippen molar-refractivity contribution in [3.8, 4) is 28.0 Å². The summed E-state index contributed by atoms with van der Waals surface area (Å²) in [5.41, 5.74) is 4.20. The Bertz CT molecular complexity index is 2550. The molecular formula is C53H67ClN8O7S. The highest BCUT2D eigenvalue weighted by Crippen LogP contribution is 2.55. The number of hydrogen-bond donors (Lipinski definition) is 4. The van der Waals surface area contributed by atoms with Crippen LogP contribution < -0.4 is 25.4 Å². The van der Waals surface area contributed by atoms with Crippen LogP contribution in [0.2, 0.25) is 5.02 Å². The van der Waals surface area contributed by atoms with Gasteiger partial charge >= 0.3 is 0 Å². The number of carbonyl (C=O) groups is 4. The molecule has 2 aliphatic heterocycles. The van der Waals surface area contributed by atoms with Crippen molar-refractivity contribution in [1.29, 1.82) is 5.26 Å². The molecule has 0 unspecified atom stereocenters. The van der Waals surface area contributed by atoms with Crippen molar-refractivity contribution >= 4 is 46.6 Å². The van der Waals surface area contributed by atoms with Crippen LogP contribution >= 0.6 is 22.9 Å². The number of nitrogens with one attached hydrogen (secondary N) is 3. The van der Waals surface area contributed by atoms with E-state index in [0.717, 1.165) is 34.8 Å². The molecule has 1 aromatic heterocycles. The molecular weight excluding hydrogens is 928 g/mol. The number of thiazole rings is 1. The summed E-state index contributed by atoms with van der Waals surface area (Å²) in [6.07, 6.45) is -0.972. The van der Waals surface area contributed by atoms with Crippen molar-refractivity contribution in [2.24, 2.45) is 16.2 Å². The van der Waals surface area contributed by atoms with Crippen LogP contribution in [0, 0.1) is 34.5 Å². The molecule has 1 aliphatic carbocycles. The van der Waals surface area contributed by atoms with E-state index in [9.17, 15) is 29.5 Å². The molecule has 4 N–H and O–H groups in total. The number of benzene rings is 3. The zero-order valence-corrected chi connectivity index (χ0v) is 43.2. The van der Waals surface area contributed by atoms with Crippen molar-refractivity contribution in [2.75, 3.05) is 52.4 Å². The van der Waals surface area contributed by atoms with E-state index < -0.39 is 29.5 Å². The summed E-state index contributed by atoms with van der Waals surface area (Å²) in [4.78, 5) is 66.2. The molecule has 1 saturated carbocycles. The molecule has 374 valence electrons. The zero-order valence-electron chi connectivity index (χ0n) is 41.7. The van der Waals surface area contributed by atoms with Crippen LogP contribution in [0.1, 0.15) is 95.0 Å². The average molecular weight is 996 g/mol. The molecule has 4 amide bonds. The Morgan fingerprint density at radius 2 is 1.59 bits per heavy atom. The van der Waals surface area contributed by atoms with E-state index in [2.05, 4.69) is 64.5 Å². The van der Waals surface area contributed by atoms with Gasteiger partial charge in [0.2, 0.25) is 17.7 Å². The van der Waals surface area contributed by atoms with Gasteiger partial charge in [-0.3, -0.25) is 29.0 Å². The lowest BCUT2D eigenvalue weighted by atomic mass is 9.49. The van der Waals surface area contributed by atoms with Crippen molar-refractivity contribution in [2.45, 2.75) is 105 Å². The van der Waals surface area contributed by atoms with Gasteiger partial charge in [0.15, 0.2) is 0 Å². The second-order valence-electron chi connectivity index (χ2n) is 21.2. The normalized spacial score (nSPS) is 21.9. The highest BCUT2D eigenvalue weighted by Gasteiger charge is 2.64. The third-order valence-corrected chi connectivity index (χ3v) is 15.4. The van der Waals surface area contributed by atoms with Gasteiger partial charge in [-0.2, -0.15) is 5.26 Å². The number of nitrogens with zero attached hydrogens (tertiary/aromatic N) is 5. The molecule has 7 rings (SSSR count). The van der Waals surface area contributed by atoms with E-state index in [0.29, 0.717) is 53.9 Å². The topological polar surface area (TPSA) is 189 Å². The maximum absolute atomic E-state index is 14.2. The lowest BCUT2D eigenvalue weighted by molar-refractivity contribution is -0.164. The molecule has 70 heavy (non-hydrogen) atoms. The number of nitriles is 1. The molecule has 3 aromatic carbocycles. The van der Waals surface area contributed by atoms with Crippen molar-refractivity contribution in [3.63, 3.8) is 0 Å². The third-order valence-electron chi connectivity index (χ3n) is 14.1. The van der Waals surface area contributed by atoms with Crippen LogP contribution in [0.5, 0.6) is 11.5 Å². The molecule has 0 spiro atoms. The van der Waals surface area contributed by atoms with Crippen molar-refractivity contribution in [3.05, 3.63) is 99.6 Å². The van der Waals surface area contributed by atoms with Gasteiger partial charge in [0.25, 0.3) is 5.91 Å². The number of halogens is 1. The number of β-amino-alcohol motifs (C(OH)–C–C–N with tert-alkyl or cyclic N) is 1. The fourth-order valence-electron chi connectivity index (χ4n) is 10.4. The summed E-state index contributed by atoms with van der Waals surface area (Å²) in [5.74, 6) is 0.0173. The van der Waals surface area contributed by atoms with E-state index in [1.807, 2.05) is 64.4 Å². The lowest BCUT2D eigenvalue weighted by Crippen LogP contribution is -2.74. The van der Waals surface area contributed by atoms with Crippen LogP contribution in [0.15, 0.2) is 72.2 Å². The molecule has 3 aliphatic rings. The Balaban J connectivity index is 0.833. The minimum absolute atomic E-state index is 0.000718. The number of aliphatic hydroxyl groups is 1. The largest absolute Gasteiger partial charge is 0.492 e. The number of carbonyl (C=O) groups excluding carboxylic acids is 4. The summed E-state index contributed by atoms with van der Waals surface area (Å²) in [6.45, 7) is 21.8. The number of rotatable bonds is 16. The first kappa shape index (κ1) is 52.3. The molecule has 3 heterocycles. The number of aliphatic hydroxyl groups excluding tert-OH is 1. The molecule has 4 atom stereocenters. The number of amides is 4. The van der Waals surface area contributed by atoms with Gasteiger partial charge in [-0.05, 0) is 66.8 Å². The van der Waals surface area contributed by atoms with Gasteiger partial charge in [0.05, 0.1) is 45.4 Å². The van der Waals surface area contributed by atoms with E-state index in [4.69, 9.17) is 21.1 Å². The van der Waals surface area contributed by atoms with Crippen molar-refractivity contribution < 1.29 is 33.8 Å². The minimum Gasteiger partial charge on any atom is -0.492 e. The lowest BCUT2D eigenvalue weighted by Gasteiger charge is -2.63. The SMILES string of the molecule is Cc1ncsc1-c1ccc([C@H](C)NC(=O)[C@@H]2C[C@@H](O)CN2C(=O)[C@@H](NC(=O)CN2CCN(CCOc3ccc(C(=O)N[C@H]4C(C)(C)[C@H](Oc5ccc(C#N)c(Cl)c5)C4(C)C)cc3)CC2)C(C)(C)C)cc1. The monoisotopic (exact) mass is 994 g/mol. The van der Waals surface area contributed by atoms with Crippen LogP contribution in [-0.4, -0.2) is 131 Å². The average Bonchev–Trinajstić information content (AvgIpc) is 3.94. The first-order valence-corrected chi connectivity index (χ1v) is 25.3. The fourth-order valence-corrected chi connectivity index (χ4v) is 11.4. The standard InChI is InChI=1S/C53H67ClN8O7S/c1-32(34-10-12-35(13-11-34)44-33(2)56-31-70-44)57-47(66)42-26-38(63)29-62(42)48(67)45(51(3,4)5)58-43(64)30-61-22-20-60(21-23-61)24-25-68-39-17-14-36(15-18-39)46(65)59-49-52(6,7)50(53(49,8)9)69-40-19-16-37(28-55)41(54)27-40/h10-19,27,31-32,38,42,45,49-50,63H,20-26,29-30H2,1-9H3,(H,57,66)(H,58,64)(H,59,65)/t32-,38+,42-,45+,49-,50-/m0/s1. The Kier molecular flexibility index (Phi) is 16.0. The Morgan fingerprint density at radius 1 is 0.943 bits per heavy atom. The molecule has 0 radical (unpaired) electrons. The zero-order chi connectivity index (χ0) is 50.7. The Morgan fingerprint density at radius 3 is 2.19 bits per heavy atom. The molecule has 2 saturated heterocycles. The molecule has 4 aromatic rings. The Labute approximate surface area is 420 Å². The fraction of sp³-hybridized carbons (Fsp3) is 0.509. The quantitative estimate of drug-likeness (QED) is 0.0945. The summed E-state index contributed by atoms with van der Waals surface area (Å²) in [5, 5.41) is 29.5. The highest BCUT2D eigenvalue weighted by atomic mass is 35.5. The van der Waals surface area contributed by atoms with E-state index in [1.165, 1.54) is 4.90 Å². The number of likely N-dealkylation sites (tertiary alicyclic amines) is 1. The smallest absolute Gasteiger partial charge is 0.251 e. The number of aryl methyl sites for hydroxylation is 1. The van der Waals surface area contributed by atoms with Crippen LogP contribution in [0.25, 0.3) is 10.4 Å². The predicted octanol–water partition coefficient (Wildman–Crippen LogP) is 6.62. The number of aromatic nitrogens is 1. The molecule has 0 bridgehead atoms. The van der Waals surface area contributed by atoms with Crippen LogP contribution in [0.3, 0.4) is 0 Å². The summed E-state index contributed by atoms with van der Waals surface area (Å²) in [6, 6.07) is 19.9.